The van der Waals surface area contributed by atoms with Crippen molar-refractivity contribution in [3.63, 3.8) is 0 Å². The van der Waals surface area contributed by atoms with Gasteiger partial charge in [-0.25, -0.2) is 0 Å². The van der Waals surface area contributed by atoms with Gasteiger partial charge in [0.25, 0.3) is 0 Å². The van der Waals surface area contributed by atoms with Gasteiger partial charge < -0.3 is 15.0 Å². The molecular formula is C9H18N2O. The van der Waals surface area contributed by atoms with Crippen LogP contribution in [0, 0.1) is 5.92 Å². The summed E-state index contributed by atoms with van der Waals surface area (Å²) in [5.41, 5.74) is 0. The Morgan fingerprint density at radius 1 is 1.25 bits per heavy atom. The van der Waals surface area contributed by atoms with Gasteiger partial charge in [0.15, 0.2) is 0 Å². The molecule has 0 bridgehead atoms. The highest BCUT2D eigenvalue weighted by atomic mass is 16.5. The zero-order chi connectivity index (χ0) is 8.23. The van der Waals surface area contributed by atoms with Gasteiger partial charge in [0, 0.05) is 39.3 Å². The largest absolute Gasteiger partial charge is 0.380 e. The van der Waals surface area contributed by atoms with Crippen LogP contribution in [-0.2, 0) is 4.74 Å². The van der Waals surface area contributed by atoms with E-state index in [1.165, 1.54) is 32.6 Å². The van der Waals surface area contributed by atoms with E-state index < -0.39 is 0 Å². The van der Waals surface area contributed by atoms with Gasteiger partial charge in [-0.05, 0) is 12.3 Å². The Morgan fingerprint density at radius 3 is 2.92 bits per heavy atom. The highest BCUT2D eigenvalue weighted by Gasteiger charge is 2.20. The first kappa shape index (κ1) is 8.48. The van der Waals surface area contributed by atoms with E-state index in [-0.39, 0.29) is 0 Å². The standard InChI is InChI=1S/C9H18N2O/c1-2-11(3-5-12-4-1)8-9-6-10-7-9/h9-10H,1-8H2. The first-order chi connectivity index (χ1) is 5.95. The Labute approximate surface area is 74.1 Å². The Balaban J connectivity index is 1.69. The van der Waals surface area contributed by atoms with Crippen LogP contribution < -0.4 is 5.32 Å². The molecule has 0 saturated carbocycles. The molecule has 2 heterocycles. The monoisotopic (exact) mass is 170 g/mol. The second-order valence-electron chi connectivity index (χ2n) is 3.79. The van der Waals surface area contributed by atoms with Gasteiger partial charge in [0.1, 0.15) is 0 Å². The van der Waals surface area contributed by atoms with Crippen LogP contribution >= 0.6 is 0 Å². The summed E-state index contributed by atoms with van der Waals surface area (Å²) in [6, 6.07) is 0. The fourth-order valence-corrected chi connectivity index (χ4v) is 1.82. The van der Waals surface area contributed by atoms with Crippen LogP contribution in [0.3, 0.4) is 0 Å². The third-order valence-corrected chi connectivity index (χ3v) is 2.70. The van der Waals surface area contributed by atoms with Crippen molar-refractivity contribution in [1.82, 2.24) is 10.2 Å². The van der Waals surface area contributed by atoms with E-state index in [1.54, 1.807) is 0 Å². The molecule has 3 nitrogen and oxygen atoms in total. The molecule has 0 atom stereocenters. The quantitative estimate of drug-likeness (QED) is 0.628. The molecule has 0 aliphatic carbocycles. The fraction of sp³-hybridized carbons (Fsp3) is 1.00. The molecule has 2 rings (SSSR count). The average molecular weight is 170 g/mol. The van der Waals surface area contributed by atoms with Crippen molar-refractivity contribution in [2.45, 2.75) is 6.42 Å². The lowest BCUT2D eigenvalue weighted by Gasteiger charge is -2.32. The predicted molar refractivity (Wildman–Crippen MR) is 48.2 cm³/mol. The van der Waals surface area contributed by atoms with Crippen LogP contribution in [-0.4, -0.2) is 50.8 Å². The van der Waals surface area contributed by atoms with Crippen molar-refractivity contribution in [3.05, 3.63) is 0 Å². The molecule has 0 aromatic rings. The van der Waals surface area contributed by atoms with Gasteiger partial charge in [0.05, 0.1) is 6.61 Å². The van der Waals surface area contributed by atoms with Crippen molar-refractivity contribution in [1.29, 1.82) is 0 Å². The number of nitrogens with one attached hydrogen (secondary N) is 1. The van der Waals surface area contributed by atoms with Crippen molar-refractivity contribution in [2.24, 2.45) is 5.92 Å². The number of hydrogen-bond donors (Lipinski definition) is 1. The summed E-state index contributed by atoms with van der Waals surface area (Å²) in [7, 11) is 0. The number of rotatable bonds is 2. The summed E-state index contributed by atoms with van der Waals surface area (Å²) in [5, 5.41) is 3.31. The first-order valence-electron chi connectivity index (χ1n) is 4.96. The lowest BCUT2D eigenvalue weighted by molar-refractivity contribution is 0.134. The lowest BCUT2D eigenvalue weighted by Crippen LogP contribution is -2.48. The molecule has 0 amide bonds. The molecule has 0 unspecified atom stereocenters. The topological polar surface area (TPSA) is 24.5 Å². The van der Waals surface area contributed by atoms with Crippen molar-refractivity contribution in [2.75, 3.05) is 45.9 Å². The van der Waals surface area contributed by atoms with Crippen molar-refractivity contribution >= 4 is 0 Å². The van der Waals surface area contributed by atoms with E-state index >= 15 is 0 Å². The van der Waals surface area contributed by atoms with Gasteiger partial charge in [-0.3, -0.25) is 0 Å². The SMILES string of the molecule is C1COCCN(CC2CNC2)C1. The van der Waals surface area contributed by atoms with Crippen LogP contribution in [0.2, 0.25) is 0 Å². The second kappa shape index (κ2) is 4.21. The van der Waals surface area contributed by atoms with Crippen molar-refractivity contribution < 1.29 is 4.74 Å². The van der Waals surface area contributed by atoms with Gasteiger partial charge in [-0.2, -0.15) is 0 Å². The highest BCUT2D eigenvalue weighted by Crippen LogP contribution is 2.07. The fourth-order valence-electron chi connectivity index (χ4n) is 1.82. The Bertz CT molecular complexity index is 128. The number of hydrogen-bond acceptors (Lipinski definition) is 3. The molecule has 0 aromatic carbocycles. The van der Waals surface area contributed by atoms with Gasteiger partial charge in [0.2, 0.25) is 0 Å². The molecule has 12 heavy (non-hydrogen) atoms. The first-order valence-corrected chi connectivity index (χ1v) is 4.96. The summed E-state index contributed by atoms with van der Waals surface area (Å²) in [5.74, 6) is 0.906. The molecule has 2 saturated heterocycles. The maximum absolute atomic E-state index is 5.40. The zero-order valence-electron chi connectivity index (χ0n) is 7.59. The second-order valence-corrected chi connectivity index (χ2v) is 3.79. The van der Waals surface area contributed by atoms with Crippen LogP contribution in [0.25, 0.3) is 0 Å². The third kappa shape index (κ3) is 2.19. The van der Waals surface area contributed by atoms with E-state index in [2.05, 4.69) is 10.2 Å². The van der Waals surface area contributed by atoms with Crippen LogP contribution in [0.5, 0.6) is 0 Å². The van der Waals surface area contributed by atoms with Crippen molar-refractivity contribution in [3.8, 4) is 0 Å². The van der Waals surface area contributed by atoms with Crippen LogP contribution in [0.1, 0.15) is 6.42 Å². The smallest absolute Gasteiger partial charge is 0.0593 e. The molecule has 2 aliphatic rings. The minimum Gasteiger partial charge on any atom is -0.380 e. The van der Waals surface area contributed by atoms with Crippen LogP contribution in [0.4, 0.5) is 0 Å². The Kier molecular flexibility index (Phi) is 2.98. The molecule has 70 valence electrons. The molecule has 2 aliphatic heterocycles. The summed E-state index contributed by atoms with van der Waals surface area (Å²) < 4.78 is 5.40. The summed E-state index contributed by atoms with van der Waals surface area (Å²) in [6.07, 6.45) is 1.21. The highest BCUT2D eigenvalue weighted by molar-refractivity contribution is 4.78. The van der Waals surface area contributed by atoms with Gasteiger partial charge in [-0.1, -0.05) is 0 Å². The zero-order valence-corrected chi connectivity index (χ0v) is 7.59. The number of ether oxygens (including phenoxy) is 1. The minimum absolute atomic E-state index is 0.906. The lowest BCUT2D eigenvalue weighted by atomic mass is 10.0. The summed E-state index contributed by atoms with van der Waals surface area (Å²) in [6.45, 7) is 7.97. The average Bonchev–Trinajstić information content (AvgIpc) is 2.24. The molecule has 0 aromatic heterocycles. The third-order valence-electron chi connectivity index (χ3n) is 2.70. The molecule has 0 spiro atoms. The Morgan fingerprint density at radius 2 is 2.17 bits per heavy atom. The maximum Gasteiger partial charge on any atom is 0.0593 e. The van der Waals surface area contributed by atoms with E-state index in [4.69, 9.17) is 4.74 Å². The normalized spacial score (nSPS) is 28.0. The molecule has 2 fully saturated rings. The van der Waals surface area contributed by atoms with E-state index in [1.807, 2.05) is 0 Å². The number of nitrogens with zero attached hydrogens (tertiary/aromatic N) is 1. The van der Waals surface area contributed by atoms with E-state index in [9.17, 15) is 0 Å². The van der Waals surface area contributed by atoms with Gasteiger partial charge in [-0.15, -0.1) is 0 Å². The molecule has 3 heteroatoms. The molecule has 0 radical (unpaired) electrons. The summed E-state index contributed by atoms with van der Waals surface area (Å²) in [4.78, 5) is 2.54. The van der Waals surface area contributed by atoms with E-state index in [0.717, 1.165) is 25.7 Å². The maximum atomic E-state index is 5.40. The summed E-state index contributed by atoms with van der Waals surface area (Å²) >= 11 is 0. The minimum atomic E-state index is 0.906. The Hall–Kier alpha value is -0.120. The van der Waals surface area contributed by atoms with Crippen LogP contribution in [0.15, 0.2) is 0 Å². The molecular weight excluding hydrogens is 152 g/mol. The predicted octanol–water partition coefficient (Wildman–Crippen LogP) is -0.0719. The molecule has 1 N–H and O–H groups in total. The van der Waals surface area contributed by atoms with Gasteiger partial charge >= 0.3 is 0 Å². The van der Waals surface area contributed by atoms with E-state index in [0.29, 0.717) is 0 Å².